The van der Waals surface area contributed by atoms with E-state index in [1.807, 2.05) is 44.2 Å². The molecule has 0 bridgehead atoms. The fraction of sp³-hybridized carbons (Fsp3) is 0.200. The first kappa shape index (κ1) is 20.1. The lowest BCUT2D eigenvalue weighted by Gasteiger charge is -1.92. The fourth-order valence-corrected chi connectivity index (χ4v) is 2.05. The first-order valence-corrected chi connectivity index (χ1v) is 8.63. The summed E-state index contributed by atoms with van der Waals surface area (Å²) >= 11 is 0. The maximum Gasteiger partial charge on any atom is 0.0245 e. The van der Waals surface area contributed by atoms with Crippen LogP contribution in [0.3, 0.4) is 0 Å². The van der Waals surface area contributed by atoms with Crippen LogP contribution < -0.4 is 0 Å². The third kappa shape index (κ3) is 9.04. The van der Waals surface area contributed by atoms with Crippen LogP contribution in [0.4, 0.5) is 0 Å². The second-order valence-electron chi connectivity index (χ2n) is 5.26. The Morgan fingerprint density at radius 1 is 0.640 bits per heavy atom. The summed E-state index contributed by atoms with van der Waals surface area (Å²) in [6.07, 6.45) is 2.23. The molecule has 0 aliphatic rings. The van der Waals surface area contributed by atoms with Crippen molar-refractivity contribution >= 4 is 10.8 Å². The van der Waals surface area contributed by atoms with Crippen LogP contribution in [0.2, 0.25) is 0 Å². The van der Waals surface area contributed by atoms with Crippen LogP contribution in [0.5, 0.6) is 0 Å². The molecule has 0 radical (unpaired) electrons. The standard InChI is InChI=1S/C10H8.C9H8.C6H10/c1-2-6-10-8-4-3-7-9(10)5-1;1-2-6-9-7-4-3-5-8-9;1-3-5-6-4-2/h1-8H;3-5,7-8H,1H3;3,5H2,1-2H3. The van der Waals surface area contributed by atoms with Crippen molar-refractivity contribution in [2.45, 2.75) is 33.6 Å². The lowest BCUT2D eigenvalue weighted by Crippen LogP contribution is -1.67. The molecule has 0 heterocycles. The smallest absolute Gasteiger partial charge is 0.0245 e. The van der Waals surface area contributed by atoms with Gasteiger partial charge in [-0.05, 0) is 43.2 Å². The maximum absolute atomic E-state index is 2.96. The van der Waals surface area contributed by atoms with Gasteiger partial charge in [0.2, 0.25) is 0 Å². The lowest BCUT2D eigenvalue weighted by atomic mass is 10.1. The number of fused-ring (bicyclic) bond motifs is 1. The summed E-state index contributed by atoms with van der Waals surface area (Å²) in [7, 11) is 0. The molecule has 0 aliphatic carbocycles. The molecule has 0 N–H and O–H groups in total. The first-order chi connectivity index (χ1) is 12.3. The van der Waals surface area contributed by atoms with E-state index >= 15 is 0 Å². The van der Waals surface area contributed by atoms with Gasteiger partial charge >= 0.3 is 0 Å². The maximum atomic E-state index is 2.96. The molecule has 0 fully saturated rings. The summed E-state index contributed by atoms with van der Waals surface area (Å²) < 4.78 is 0. The van der Waals surface area contributed by atoms with Gasteiger partial charge in [-0.2, -0.15) is 0 Å². The van der Waals surface area contributed by atoms with E-state index in [-0.39, 0.29) is 0 Å². The van der Waals surface area contributed by atoms with Crippen LogP contribution in [0, 0.1) is 23.7 Å². The van der Waals surface area contributed by atoms with Crippen LogP contribution in [-0.2, 0) is 0 Å². The molecule has 0 saturated carbocycles. The van der Waals surface area contributed by atoms with Crippen molar-refractivity contribution in [3.8, 4) is 23.7 Å². The minimum Gasteiger partial charge on any atom is -0.107 e. The van der Waals surface area contributed by atoms with Gasteiger partial charge in [-0.1, -0.05) is 79.6 Å². The van der Waals surface area contributed by atoms with Crippen molar-refractivity contribution < 1.29 is 0 Å². The monoisotopic (exact) mass is 326 g/mol. The molecule has 0 saturated heterocycles. The van der Waals surface area contributed by atoms with Crippen molar-refractivity contribution in [1.82, 2.24) is 0 Å². The Labute approximate surface area is 152 Å². The summed E-state index contributed by atoms with van der Waals surface area (Å²) in [6, 6.07) is 26.7. The highest BCUT2D eigenvalue weighted by atomic mass is 13.9. The Kier molecular flexibility index (Phi) is 10.8. The summed E-state index contributed by atoms with van der Waals surface area (Å²) in [5.74, 6) is 11.6. The average molecular weight is 326 g/mol. The van der Waals surface area contributed by atoms with Crippen LogP contribution in [-0.4, -0.2) is 0 Å². The number of unbranched alkanes of at least 4 members (excludes halogenated alkanes) is 1. The molecular weight excluding hydrogens is 300 g/mol. The van der Waals surface area contributed by atoms with Crippen molar-refractivity contribution in [2.24, 2.45) is 0 Å². The third-order valence-corrected chi connectivity index (χ3v) is 3.25. The zero-order valence-corrected chi connectivity index (χ0v) is 15.4. The van der Waals surface area contributed by atoms with E-state index in [0.29, 0.717) is 0 Å². The minimum absolute atomic E-state index is 1.05. The average Bonchev–Trinajstić information content (AvgIpc) is 2.68. The fourth-order valence-electron chi connectivity index (χ4n) is 2.05. The lowest BCUT2D eigenvalue weighted by molar-refractivity contribution is 0.983. The molecule has 0 unspecified atom stereocenters. The van der Waals surface area contributed by atoms with E-state index in [1.54, 1.807) is 0 Å². The minimum atomic E-state index is 1.05. The Balaban J connectivity index is 0.000000195. The van der Waals surface area contributed by atoms with Gasteiger partial charge in [0, 0.05) is 12.0 Å². The van der Waals surface area contributed by atoms with Crippen molar-refractivity contribution in [2.75, 3.05) is 0 Å². The zero-order chi connectivity index (χ0) is 18.2. The molecular formula is C25H26. The van der Waals surface area contributed by atoms with Gasteiger partial charge in [-0.3, -0.25) is 0 Å². The van der Waals surface area contributed by atoms with E-state index in [1.165, 1.54) is 17.2 Å². The van der Waals surface area contributed by atoms with E-state index in [0.717, 1.165) is 12.0 Å². The summed E-state index contributed by atoms with van der Waals surface area (Å²) in [5.41, 5.74) is 1.08. The first-order valence-electron chi connectivity index (χ1n) is 8.63. The van der Waals surface area contributed by atoms with Gasteiger partial charge in [0.05, 0.1) is 0 Å². The summed E-state index contributed by atoms with van der Waals surface area (Å²) in [5, 5.41) is 2.62. The predicted molar refractivity (Wildman–Crippen MR) is 111 cm³/mol. The van der Waals surface area contributed by atoms with Gasteiger partial charge in [-0.15, -0.1) is 17.8 Å². The van der Waals surface area contributed by atoms with Crippen molar-refractivity contribution in [1.29, 1.82) is 0 Å². The summed E-state index contributed by atoms with van der Waals surface area (Å²) in [4.78, 5) is 0. The third-order valence-electron chi connectivity index (χ3n) is 3.25. The Morgan fingerprint density at radius 2 is 1.12 bits per heavy atom. The van der Waals surface area contributed by atoms with Gasteiger partial charge in [-0.25, -0.2) is 0 Å². The van der Waals surface area contributed by atoms with E-state index in [4.69, 9.17) is 0 Å². The number of benzene rings is 3. The van der Waals surface area contributed by atoms with Crippen molar-refractivity contribution in [3.05, 3.63) is 84.4 Å². The van der Waals surface area contributed by atoms with E-state index in [2.05, 4.69) is 79.1 Å². The molecule has 3 aromatic carbocycles. The second kappa shape index (κ2) is 13.5. The Morgan fingerprint density at radius 3 is 1.48 bits per heavy atom. The summed E-state index contributed by atoms with van der Waals surface area (Å²) in [6.45, 7) is 5.84. The molecule has 0 amide bonds. The quantitative estimate of drug-likeness (QED) is 0.436. The highest BCUT2D eigenvalue weighted by molar-refractivity contribution is 5.81. The van der Waals surface area contributed by atoms with Gasteiger partial charge in [0.1, 0.15) is 0 Å². The molecule has 126 valence electrons. The number of rotatable bonds is 1. The van der Waals surface area contributed by atoms with Gasteiger partial charge < -0.3 is 0 Å². The SMILES string of the molecule is CC#CCCC.CC#Cc1ccccc1.c1ccc2ccccc2c1. The van der Waals surface area contributed by atoms with E-state index < -0.39 is 0 Å². The van der Waals surface area contributed by atoms with E-state index in [9.17, 15) is 0 Å². The van der Waals surface area contributed by atoms with Crippen LogP contribution >= 0.6 is 0 Å². The normalized spacial score (nSPS) is 8.28. The molecule has 0 aromatic heterocycles. The molecule has 25 heavy (non-hydrogen) atoms. The second-order valence-corrected chi connectivity index (χ2v) is 5.26. The topological polar surface area (TPSA) is 0 Å². The van der Waals surface area contributed by atoms with Crippen LogP contribution in [0.1, 0.15) is 39.2 Å². The molecule has 0 heteroatoms. The highest BCUT2D eigenvalue weighted by Crippen LogP contribution is 2.11. The van der Waals surface area contributed by atoms with Crippen molar-refractivity contribution in [3.63, 3.8) is 0 Å². The molecule has 3 aromatic rings. The highest BCUT2D eigenvalue weighted by Gasteiger charge is 1.85. The van der Waals surface area contributed by atoms with Crippen LogP contribution in [0.25, 0.3) is 10.8 Å². The predicted octanol–water partition coefficient (Wildman–Crippen LogP) is 6.71. The molecule has 0 atom stereocenters. The molecule has 3 rings (SSSR count). The van der Waals surface area contributed by atoms with Gasteiger partial charge in [0.25, 0.3) is 0 Å². The molecule has 0 nitrogen and oxygen atoms in total. The largest absolute Gasteiger partial charge is 0.107 e. The Hall–Kier alpha value is -2.96. The van der Waals surface area contributed by atoms with Crippen LogP contribution in [0.15, 0.2) is 78.9 Å². The number of hydrogen-bond acceptors (Lipinski definition) is 0. The molecule has 0 spiro atoms. The number of hydrogen-bond donors (Lipinski definition) is 0. The van der Waals surface area contributed by atoms with Gasteiger partial charge in [0.15, 0.2) is 0 Å². The zero-order valence-electron chi connectivity index (χ0n) is 15.4. The Bertz CT molecular complexity index is 771. The molecule has 0 aliphatic heterocycles.